The monoisotopic (exact) mass is 509 g/mol. The number of nitrogens with two attached hydrogens (primary N) is 1. The molecule has 0 saturated heterocycles. The van der Waals surface area contributed by atoms with E-state index in [0.29, 0.717) is 23.4 Å². The van der Waals surface area contributed by atoms with E-state index in [1.54, 1.807) is 0 Å². The van der Waals surface area contributed by atoms with E-state index in [-0.39, 0.29) is 12.4 Å². The Balaban J connectivity index is 1.29. The fourth-order valence-corrected chi connectivity index (χ4v) is 6.62. The largest absolute Gasteiger partial charge is 0.481 e. The van der Waals surface area contributed by atoms with Gasteiger partial charge in [0.25, 0.3) is 0 Å². The lowest BCUT2D eigenvalue weighted by Gasteiger charge is -2.08. The van der Waals surface area contributed by atoms with Crippen LogP contribution in [0.3, 0.4) is 0 Å². The van der Waals surface area contributed by atoms with E-state index in [2.05, 4.69) is 21.5 Å². The number of nitrogens with one attached hydrogen (secondary N) is 1. The van der Waals surface area contributed by atoms with Gasteiger partial charge >= 0.3 is 12.1 Å². The number of hydrogen-bond acceptors (Lipinski definition) is 8. The summed E-state index contributed by atoms with van der Waals surface area (Å²) in [6, 6.07) is 11.6. The first-order valence-corrected chi connectivity index (χ1v) is 12.8. The third-order valence-corrected chi connectivity index (χ3v) is 8.89. The molecule has 0 unspecified atom stereocenters. The third-order valence-electron chi connectivity index (χ3n) is 5.70. The Kier molecular flexibility index (Phi) is 5.77. The third kappa shape index (κ3) is 4.25. The zero-order valence-electron chi connectivity index (χ0n) is 18.0. The number of carboxylic acid groups (broad SMARTS) is 1. The van der Waals surface area contributed by atoms with Crippen LogP contribution in [-0.2, 0) is 21.6 Å². The zero-order chi connectivity index (χ0) is 23.9. The number of benzene rings is 1. The maximum atomic E-state index is 12.3. The van der Waals surface area contributed by atoms with E-state index in [1.165, 1.54) is 22.7 Å². The highest BCUT2D eigenvalue weighted by molar-refractivity contribution is 7.28. The van der Waals surface area contributed by atoms with E-state index >= 15 is 0 Å². The topological polar surface area (TPSA) is 115 Å². The molecule has 0 aliphatic heterocycles. The van der Waals surface area contributed by atoms with Gasteiger partial charge in [-0.3, -0.25) is 10.1 Å². The first-order valence-electron chi connectivity index (χ1n) is 10.4. The number of aliphatic carboxylic acids is 1. The number of fused-ring (bicyclic) bond motifs is 1. The lowest BCUT2D eigenvalue weighted by Crippen LogP contribution is -2.17. The Labute approximate surface area is 207 Å². The maximum absolute atomic E-state index is 12.3. The predicted molar refractivity (Wildman–Crippen MR) is 136 cm³/mol. The number of nitrogens with zero attached hydrogens (tertiary/aromatic N) is 1. The summed E-state index contributed by atoms with van der Waals surface area (Å²) < 4.78 is 11.5. The number of carbonyl (C=O) groups is 2. The standard InChI is InChI=1S/C24H19N3O4S3/c1-13-4-2-3-5-14(13)12-31-23(30)26-20-16(34-27-21(20)25)7-6-15-10-17-18(32-15)11-19(33-17)24(8-9-24)22(28)29/h2-5,10-11H,8-9,12H2,1H3,(H2,25,27)(H,26,30)(H,28,29). The molecule has 4 aromatic rings. The number of nitrogen functional groups attached to an aromatic ring is 1. The number of amides is 1. The maximum Gasteiger partial charge on any atom is 0.412 e. The van der Waals surface area contributed by atoms with Crippen LogP contribution in [0.5, 0.6) is 0 Å². The molecule has 34 heavy (non-hydrogen) atoms. The quantitative estimate of drug-likeness (QED) is 0.303. The van der Waals surface area contributed by atoms with Gasteiger partial charge in [0.1, 0.15) is 22.6 Å². The summed E-state index contributed by atoms with van der Waals surface area (Å²) in [5, 5.41) is 12.2. The molecule has 0 radical (unpaired) electrons. The average Bonchev–Trinajstić information content (AvgIpc) is 3.25. The van der Waals surface area contributed by atoms with Gasteiger partial charge in [0.05, 0.1) is 4.88 Å². The highest BCUT2D eigenvalue weighted by atomic mass is 32.1. The summed E-state index contributed by atoms with van der Waals surface area (Å²) in [4.78, 5) is 26.2. The van der Waals surface area contributed by atoms with Gasteiger partial charge in [0, 0.05) is 14.3 Å². The fraction of sp³-hybridized carbons (Fsp3) is 0.208. The number of aromatic nitrogens is 1. The molecule has 1 aliphatic carbocycles. The molecule has 1 fully saturated rings. The summed E-state index contributed by atoms with van der Waals surface area (Å²) in [5.74, 6) is 5.58. The Morgan fingerprint density at radius 2 is 1.97 bits per heavy atom. The number of carbonyl (C=O) groups excluding carboxylic acids is 1. The summed E-state index contributed by atoms with van der Waals surface area (Å²) in [7, 11) is 0. The van der Waals surface area contributed by atoms with Gasteiger partial charge in [-0.2, -0.15) is 4.37 Å². The summed E-state index contributed by atoms with van der Waals surface area (Å²) in [6.45, 7) is 2.10. The molecule has 7 nitrogen and oxygen atoms in total. The predicted octanol–water partition coefficient (Wildman–Crippen LogP) is 5.57. The van der Waals surface area contributed by atoms with E-state index in [9.17, 15) is 14.7 Å². The smallest absolute Gasteiger partial charge is 0.412 e. The van der Waals surface area contributed by atoms with Crippen LogP contribution < -0.4 is 11.1 Å². The zero-order valence-corrected chi connectivity index (χ0v) is 20.5. The van der Waals surface area contributed by atoms with Gasteiger partial charge < -0.3 is 15.6 Å². The molecule has 4 N–H and O–H groups in total. The molecule has 0 bridgehead atoms. The van der Waals surface area contributed by atoms with Gasteiger partial charge in [-0.05, 0) is 66.4 Å². The van der Waals surface area contributed by atoms with Gasteiger partial charge in [-0.15, -0.1) is 22.7 Å². The van der Waals surface area contributed by atoms with E-state index < -0.39 is 17.5 Å². The number of rotatable bonds is 5. The van der Waals surface area contributed by atoms with E-state index in [1.807, 2.05) is 43.3 Å². The Morgan fingerprint density at radius 3 is 2.68 bits per heavy atom. The molecule has 3 heterocycles. The fourth-order valence-electron chi connectivity index (χ4n) is 3.50. The van der Waals surface area contributed by atoms with Crippen LogP contribution in [-0.4, -0.2) is 21.5 Å². The molecule has 0 atom stereocenters. The van der Waals surface area contributed by atoms with E-state index in [0.717, 1.165) is 41.8 Å². The summed E-state index contributed by atoms with van der Waals surface area (Å²) in [6.07, 6.45) is 0.757. The minimum absolute atomic E-state index is 0.147. The molecule has 0 spiro atoms. The summed E-state index contributed by atoms with van der Waals surface area (Å²) >= 11 is 4.13. The van der Waals surface area contributed by atoms with Gasteiger partial charge in [-0.1, -0.05) is 24.3 Å². The second-order valence-electron chi connectivity index (χ2n) is 7.99. The minimum Gasteiger partial charge on any atom is -0.481 e. The second kappa shape index (κ2) is 8.76. The Hall–Kier alpha value is -3.39. The number of ether oxygens (including phenoxy) is 1. The molecule has 3 aromatic heterocycles. The van der Waals surface area contributed by atoms with Crippen LogP contribution >= 0.6 is 34.2 Å². The number of anilines is 2. The molecule has 1 aromatic carbocycles. The van der Waals surface area contributed by atoms with Crippen LogP contribution in [0, 0.1) is 18.8 Å². The van der Waals surface area contributed by atoms with Crippen LogP contribution in [0.4, 0.5) is 16.3 Å². The molecule has 10 heteroatoms. The lowest BCUT2D eigenvalue weighted by molar-refractivity contribution is -0.139. The van der Waals surface area contributed by atoms with Crippen molar-refractivity contribution in [3.63, 3.8) is 0 Å². The van der Waals surface area contributed by atoms with Crippen molar-refractivity contribution in [1.82, 2.24) is 4.37 Å². The van der Waals surface area contributed by atoms with Crippen LogP contribution in [0.1, 0.15) is 38.6 Å². The van der Waals surface area contributed by atoms with Crippen molar-refractivity contribution in [2.75, 3.05) is 11.1 Å². The number of carboxylic acids is 1. The Morgan fingerprint density at radius 1 is 1.21 bits per heavy atom. The highest BCUT2D eigenvalue weighted by Crippen LogP contribution is 2.52. The first-order chi connectivity index (χ1) is 16.4. The molecule has 1 amide bonds. The lowest BCUT2D eigenvalue weighted by atomic mass is 10.1. The van der Waals surface area contributed by atoms with Crippen molar-refractivity contribution in [2.24, 2.45) is 0 Å². The van der Waals surface area contributed by atoms with Crippen LogP contribution in [0.25, 0.3) is 9.40 Å². The SMILES string of the molecule is Cc1ccccc1COC(=O)Nc1c(N)nsc1C#Cc1cc2sc(C3(C(=O)O)CC3)cc2s1. The first kappa shape index (κ1) is 22.4. The van der Waals surface area contributed by atoms with Gasteiger partial charge in [0.2, 0.25) is 0 Å². The molecule has 5 rings (SSSR count). The van der Waals surface area contributed by atoms with Crippen molar-refractivity contribution in [3.05, 3.63) is 62.2 Å². The number of aryl methyl sites for hydroxylation is 1. The van der Waals surface area contributed by atoms with Crippen LogP contribution in [0.2, 0.25) is 0 Å². The molecule has 1 saturated carbocycles. The highest BCUT2D eigenvalue weighted by Gasteiger charge is 2.53. The minimum atomic E-state index is -0.748. The Bertz CT molecular complexity index is 1450. The molecular weight excluding hydrogens is 490 g/mol. The van der Waals surface area contributed by atoms with Crippen molar-refractivity contribution >= 4 is 67.2 Å². The molecule has 1 aliphatic rings. The average molecular weight is 510 g/mol. The van der Waals surface area contributed by atoms with Crippen molar-refractivity contribution in [2.45, 2.75) is 31.8 Å². The van der Waals surface area contributed by atoms with E-state index in [4.69, 9.17) is 10.5 Å². The second-order valence-corrected chi connectivity index (χ2v) is 10.9. The number of thiophene rings is 2. The van der Waals surface area contributed by atoms with Gasteiger partial charge in [-0.25, -0.2) is 4.79 Å². The van der Waals surface area contributed by atoms with Crippen molar-refractivity contribution < 1.29 is 19.4 Å². The van der Waals surface area contributed by atoms with Crippen LogP contribution in [0.15, 0.2) is 36.4 Å². The number of hydrogen-bond donors (Lipinski definition) is 3. The summed E-state index contributed by atoms with van der Waals surface area (Å²) in [5.41, 5.74) is 7.55. The molecular formula is C24H19N3O4S3. The van der Waals surface area contributed by atoms with Crippen molar-refractivity contribution in [1.29, 1.82) is 0 Å². The van der Waals surface area contributed by atoms with Gasteiger partial charge in [0.15, 0.2) is 5.82 Å². The normalized spacial score (nSPS) is 13.8. The van der Waals surface area contributed by atoms with Crippen molar-refractivity contribution in [3.8, 4) is 11.8 Å². The molecule has 172 valence electrons.